The van der Waals surface area contributed by atoms with E-state index in [1.54, 1.807) is 0 Å². The lowest BCUT2D eigenvalue weighted by Gasteiger charge is -2.21. The summed E-state index contributed by atoms with van der Waals surface area (Å²) in [6.07, 6.45) is 0.874. The van der Waals surface area contributed by atoms with E-state index >= 15 is 0 Å². The van der Waals surface area contributed by atoms with Gasteiger partial charge in [-0.15, -0.1) is 12.4 Å². The third kappa shape index (κ3) is 5.22. The molecule has 0 radical (unpaired) electrons. The number of rotatable bonds is 5. The second-order valence-corrected chi connectivity index (χ2v) is 6.51. The Morgan fingerprint density at radius 1 is 1.26 bits per heavy atom. The van der Waals surface area contributed by atoms with E-state index in [4.69, 9.17) is 0 Å². The summed E-state index contributed by atoms with van der Waals surface area (Å²) >= 11 is 0. The highest BCUT2D eigenvalue weighted by atomic mass is 35.5. The van der Waals surface area contributed by atoms with Gasteiger partial charge in [-0.05, 0) is 37.6 Å². The quantitative estimate of drug-likeness (QED) is 0.771. The normalized spacial score (nSPS) is 20.0. The molecule has 1 unspecified atom stereocenters. The molecule has 0 aromatic heterocycles. The molecule has 1 aliphatic rings. The predicted octanol–water partition coefficient (Wildman–Crippen LogP) is 2.32. The molecule has 1 saturated heterocycles. The molecular weight excluding hydrogens is 314 g/mol. The van der Waals surface area contributed by atoms with Crippen molar-refractivity contribution in [1.29, 1.82) is 0 Å². The maximum absolute atomic E-state index is 12.2. The highest BCUT2D eigenvalue weighted by molar-refractivity contribution is 5.92. The number of carbonyl (C=O) groups excluding carboxylic acids is 2. The first-order valence-electron chi connectivity index (χ1n) is 7.79. The van der Waals surface area contributed by atoms with Crippen LogP contribution in [0.15, 0.2) is 24.3 Å². The summed E-state index contributed by atoms with van der Waals surface area (Å²) in [5, 5.41) is 9.07. The first-order valence-corrected chi connectivity index (χ1v) is 7.79. The molecule has 1 fully saturated rings. The molecule has 6 heteroatoms. The van der Waals surface area contributed by atoms with Crippen molar-refractivity contribution >= 4 is 29.9 Å². The van der Waals surface area contributed by atoms with Gasteiger partial charge in [0.15, 0.2) is 0 Å². The van der Waals surface area contributed by atoms with Crippen molar-refractivity contribution in [3.05, 3.63) is 29.8 Å². The van der Waals surface area contributed by atoms with Gasteiger partial charge in [-0.3, -0.25) is 9.59 Å². The number of hydrogen-bond acceptors (Lipinski definition) is 3. The zero-order valence-electron chi connectivity index (χ0n) is 13.9. The van der Waals surface area contributed by atoms with Crippen LogP contribution in [0.3, 0.4) is 0 Å². The van der Waals surface area contributed by atoms with Gasteiger partial charge in [-0.1, -0.05) is 26.0 Å². The standard InChI is InChI=1S/C17H25N3O2.ClH/c1-12(2)15(21)20-14-6-4-13(5-7-14)10-19-16(22)17(3)8-9-18-11-17;/h4-7,12,18H,8-11H2,1-3H3,(H,19,22)(H,20,21);1H. The van der Waals surface area contributed by atoms with Gasteiger partial charge in [-0.25, -0.2) is 0 Å². The Morgan fingerprint density at radius 2 is 1.91 bits per heavy atom. The Bertz CT molecular complexity index is 537. The topological polar surface area (TPSA) is 70.2 Å². The fraction of sp³-hybridized carbons (Fsp3) is 0.529. The van der Waals surface area contributed by atoms with Crippen molar-refractivity contribution in [2.45, 2.75) is 33.7 Å². The molecule has 1 aromatic carbocycles. The van der Waals surface area contributed by atoms with Crippen LogP contribution in [-0.4, -0.2) is 24.9 Å². The van der Waals surface area contributed by atoms with Crippen LogP contribution in [-0.2, 0) is 16.1 Å². The molecule has 1 heterocycles. The summed E-state index contributed by atoms with van der Waals surface area (Å²) in [7, 11) is 0. The van der Waals surface area contributed by atoms with Gasteiger partial charge in [0, 0.05) is 24.7 Å². The van der Waals surface area contributed by atoms with Crippen LogP contribution in [0.1, 0.15) is 32.8 Å². The molecule has 0 saturated carbocycles. The molecular formula is C17H26ClN3O2. The number of anilines is 1. The van der Waals surface area contributed by atoms with Crippen molar-refractivity contribution < 1.29 is 9.59 Å². The number of hydrogen-bond donors (Lipinski definition) is 3. The number of carbonyl (C=O) groups is 2. The van der Waals surface area contributed by atoms with E-state index in [0.29, 0.717) is 6.54 Å². The number of nitrogens with one attached hydrogen (secondary N) is 3. The average molecular weight is 340 g/mol. The zero-order chi connectivity index (χ0) is 16.2. The molecule has 0 aliphatic carbocycles. The van der Waals surface area contributed by atoms with E-state index in [1.807, 2.05) is 45.0 Å². The highest BCUT2D eigenvalue weighted by Crippen LogP contribution is 2.24. The minimum absolute atomic E-state index is 0. The van der Waals surface area contributed by atoms with Crippen LogP contribution >= 0.6 is 12.4 Å². The summed E-state index contributed by atoms with van der Waals surface area (Å²) in [4.78, 5) is 23.8. The number of benzene rings is 1. The summed E-state index contributed by atoms with van der Waals surface area (Å²) in [5.74, 6) is 0.0529. The molecule has 2 amide bonds. The lowest BCUT2D eigenvalue weighted by atomic mass is 9.89. The van der Waals surface area contributed by atoms with Crippen molar-refractivity contribution in [3.63, 3.8) is 0 Å². The zero-order valence-corrected chi connectivity index (χ0v) is 14.8. The number of amides is 2. The molecule has 5 nitrogen and oxygen atoms in total. The predicted molar refractivity (Wildman–Crippen MR) is 94.6 cm³/mol. The van der Waals surface area contributed by atoms with Crippen LogP contribution < -0.4 is 16.0 Å². The first-order chi connectivity index (χ1) is 10.4. The van der Waals surface area contributed by atoms with Gasteiger partial charge in [-0.2, -0.15) is 0 Å². The van der Waals surface area contributed by atoms with Gasteiger partial charge in [0.05, 0.1) is 5.41 Å². The van der Waals surface area contributed by atoms with Crippen LogP contribution in [0.5, 0.6) is 0 Å². The molecule has 23 heavy (non-hydrogen) atoms. The van der Waals surface area contributed by atoms with Gasteiger partial charge in [0.2, 0.25) is 11.8 Å². The highest BCUT2D eigenvalue weighted by Gasteiger charge is 2.35. The van der Waals surface area contributed by atoms with Crippen molar-refractivity contribution in [2.24, 2.45) is 11.3 Å². The average Bonchev–Trinajstić information content (AvgIpc) is 2.94. The summed E-state index contributed by atoms with van der Waals surface area (Å²) in [6, 6.07) is 7.57. The molecule has 1 aliphatic heterocycles. The van der Waals surface area contributed by atoms with Crippen molar-refractivity contribution in [2.75, 3.05) is 18.4 Å². The van der Waals surface area contributed by atoms with Gasteiger partial charge in [0.25, 0.3) is 0 Å². The fourth-order valence-electron chi connectivity index (χ4n) is 2.40. The van der Waals surface area contributed by atoms with E-state index in [0.717, 1.165) is 30.8 Å². The smallest absolute Gasteiger partial charge is 0.227 e. The van der Waals surface area contributed by atoms with E-state index in [9.17, 15) is 9.59 Å². The van der Waals surface area contributed by atoms with Crippen LogP contribution in [0.25, 0.3) is 0 Å². The monoisotopic (exact) mass is 339 g/mol. The van der Waals surface area contributed by atoms with Gasteiger partial charge >= 0.3 is 0 Å². The lowest BCUT2D eigenvalue weighted by molar-refractivity contribution is -0.129. The van der Waals surface area contributed by atoms with Crippen LogP contribution in [0.2, 0.25) is 0 Å². The van der Waals surface area contributed by atoms with Crippen molar-refractivity contribution in [3.8, 4) is 0 Å². The Kier molecular flexibility index (Phi) is 7.03. The minimum Gasteiger partial charge on any atom is -0.352 e. The summed E-state index contributed by atoms with van der Waals surface area (Å²) in [5.41, 5.74) is 1.50. The molecule has 0 bridgehead atoms. The third-order valence-electron chi connectivity index (χ3n) is 4.12. The van der Waals surface area contributed by atoms with E-state index in [-0.39, 0.29) is 35.6 Å². The molecule has 1 atom stereocenters. The second kappa shape index (κ2) is 8.31. The third-order valence-corrected chi connectivity index (χ3v) is 4.12. The van der Waals surface area contributed by atoms with E-state index in [1.165, 1.54) is 0 Å². The van der Waals surface area contributed by atoms with Gasteiger partial charge < -0.3 is 16.0 Å². The fourth-order valence-corrected chi connectivity index (χ4v) is 2.40. The molecule has 128 valence electrons. The SMILES string of the molecule is CC(C)C(=O)Nc1ccc(CNC(=O)C2(C)CCNC2)cc1.Cl. The maximum Gasteiger partial charge on any atom is 0.227 e. The summed E-state index contributed by atoms with van der Waals surface area (Å²) in [6.45, 7) is 7.85. The van der Waals surface area contributed by atoms with Crippen LogP contribution in [0.4, 0.5) is 5.69 Å². The van der Waals surface area contributed by atoms with E-state index in [2.05, 4.69) is 16.0 Å². The Morgan fingerprint density at radius 3 is 2.43 bits per heavy atom. The lowest BCUT2D eigenvalue weighted by Crippen LogP contribution is -2.40. The van der Waals surface area contributed by atoms with Crippen LogP contribution in [0, 0.1) is 11.3 Å². The first kappa shape index (κ1) is 19.5. The Labute approximate surface area is 144 Å². The minimum atomic E-state index is -0.300. The largest absolute Gasteiger partial charge is 0.352 e. The van der Waals surface area contributed by atoms with E-state index < -0.39 is 0 Å². The Hall–Kier alpha value is -1.59. The number of halogens is 1. The summed E-state index contributed by atoms with van der Waals surface area (Å²) < 4.78 is 0. The molecule has 2 rings (SSSR count). The molecule has 1 aromatic rings. The van der Waals surface area contributed by atoms with Crippen molar-refractivity contribution in [1.82, 2.24) is 10.6 Å². The second-order valence-electron chi connectivity index (χ2n) is 6.51. The molecule has 3 N–H and O–H groups in total. The maximum atomic E-state index is 12.2. The van der Waals surface area contributed by atoms with Gasteiger partial charge in [0.1, 0.15) is 0 Å². The molecule has 0 spiro atoms. The Balaban J connectivity index is 0.00000264.